The predicted octanol–water partition coefficient (Wildman–Crippen LogP) is 4.42. The Morgan fingerprint density at radius 2 is 1.93 bits per heavy atom. The molecule has 1 aliphatic heterocycles. The van der Waals surface area contributed by atoms with Crippen molar-refractivity contribution in [1.82, 2.24) is 10.3 Å². The molecule has 0 unspecified atom stereocenters. The summed E-state index contributed by atoms with van der Waals surface area (Å²) in [6, 6.07) is 13.1. The molecule has 1 N–H and O–H groups in total. The average molecular weight is 377 g/mol. The van der Waals surface area contributed by atoms with Crippen molar-refractivity contribution >= 4 is 6.09 Å². The molecule has 3 aromatic rings. The third-order valence-corrected chi connectivity index (χ3v) is 4.52. The van der Waals surface area contributed by atoms with Gasteiger partial charge in [0, 0.05) is 23.5 Å². The highest BCUT2D eigenvalue weighted by Gasteiger charge is 2.38. The van der Waals surface area contributed by atoms with Gasteiger partial charge < -0.3 is 10.1 Å². The molecule has 0 bridgehead atoms. The number of carbonyl (C=O) groups excluding carboxylic acids is 1. The fraction of sp³-hybridized carbons (Fsp3) is 0.0952. The molecule has 1 saturated heterocycles. The van der Waals surface area contributed by atoms with Crippen molar-refractivity contribution in [3.63, 3.8) is 0 Å². The van der Waals surface area contributed by atoms with E-state index in [0.29, 0.717) is 16.7 Å². The molecule has 1 amide bonds. The van der Waals surface area contributed by atoms with Crippen molar-refractivity contribution in [2.45, 2.75) is 12.1 Å². The molecule has 0 aliphatic carbocycles. The molecule has 1 aliphatic rings. The van der Waals surface area contributed by atoms with Crippen LogP contribution in [0.5, 0.6) is 0 Å². The smallest absolute Gasteiger partial charge is 0.408 e. The second-order valence-electron chi connectivity index (χ2n) is 6.31. The Hall–Kier alpha value is -3.79. The van der Waals surface area contributed by atoms with E-state index in [0.717, 1.165) is 23.8 Å². The van der Waals surface area contributed by atoms with Crippen molar-refractivity contribution in [2.24, 2.45) is 0 Å². The van der Waals surface area contributed by atoms with Crippen molar-refractivity contribution in [1.29, 1.82) is 5.26 Å². The maximum Gasteiger partial charge on any atom is 0.408 e. The summed E-state index contributed by atoms with van der Waals surface area (Å²) in [5, 5.41) is 11.7. The highest BCUT2D eigenvalue weighted by atomic mass is 19.1. The number of hydrogen-bond donors (Lipinski definition) is 1. The number of carbonyl (C=O) groups is 1. The quantitative estimate of drug-likeness (QED) is 0.733. The van der Waals surface area contributed by atoms with E-state index in [4.69, 9.17) is 10.00 Å². The van der Waals surface area contributed by atoms with Crippen LogP contribution in [-0.2, 0) is 4.74 Å². The van der Waals surface area contributed by atoms with E-state index in [9.17, 15) is 13.6 Å². The van der Waals surface area contributed by atoms with E-state index in [1.807, 2.05) is 6.07 Å². The molecule has 7 heteroatoms. The number of nitrogens with one attached hydrogen (secondary N) is 1. The van der Waals surface area contributed by atoms with Gasteiger partial charge in [0.15, 0.2) is 6.10 Å². The SMILES string of the molecule is N#Cc1cccc(-c2cncc([C@H]3NC(=O)O[C@@H]3c3cc(F)ccc3F)c2)c1. The lowest BCUT2D eigenvalue weighted by Gasteiger charge is -2.18. The van der Waals surface area contributed by atoms with Gasteiger partial charge in [0.2, 0.25) is 0 Å². The highest BCUT2D eigenvalue weighted by molar-refractivity contribution is 5.72. The van der Waals surface area contributed by atoms with Gasteiger partial charge in [-0.1, -0.05) is 12.1 Å². The Balaban J connectivity index is 1.74. The minimum atomic E-state index is -1.04. The number of cyclic esters (lactones) is 1. The van der Waals surface area contributed by atoms with Gasteiger partial charge in [-0.3, -0.25) is 4.98 Å². The molecule has 2 atom stereocenters. The topological polar surface area (TPSA) is 75.0 Å². The van der Waals surface area contributed by atoms with Crippen LogP contribution in [0.2, 0.25) is 0 Å². The molecule has 2 heterocycles. The zero-order chi connectivity index (χ0) is 19.7. The third kappa shape index (κ3) is 3.28. The third-order valence-electron chi connectivity index (χ3n) is 4.52. The number of aromatic nitrogens is 1. The standard InChI is InChI=1S/C21H13F2N3O2/c22-16-4-5-18(23)17(8-16)20-19(26-21(27)28-20)15-7-14(10-25-11-15)13-3-1-2-12(6-13)9-24/h1-8,10-11,19-20H,(H,26,27)/t19-,20-/m1/s1. The molecule has 2 aromatic carbocycles. The number of pyridine rings is 1. The molecule has 5 nitrogen and oxygen atoms in total. The first-order valence-electron chi connectivity index (χ1n) is 8.43. The van der Waals surface area contributed by atoms with Gasteiger partial charge in [0.1, 0.15) is 17.7 Å². The molecule has 1 aromatic heterocycles. The molecular weight excluding hydrogens is 364 g/mol. The van der Waals surface area contributed by atoms with E-state index in [1.54, 1.807) is 30.5 Å². The molecule has 0 saturated carbocycles. The Morgan fingerprint density at radius 3 is 2.75 bits per heavy atom. The average Bonchev–Trinajstić information content (AvgIpc) is 3.11. The summed E-state index contributed by atoms with van der Waals surface area (Å²) in [6.07, 6.45) is 1.39. The molecule has 4 rings (SSSR count). The van der Waals surface area contributed by atoms with Gasteiger partial charge in [0.25, 0.3) is 0 Å². The summed E-state index contributed by atoms with van der Waals surface area (Å²) in [5.41, 5.74) is 2.50. The number of ether oxygens (including phenoxy) is 1. The number of nitriles is 1. The van der Waals surface area contributed by atoms with Crippen LogP contribution in [0.4, 0.5) is 13.6 Å². The van der Waals surface area contributed by atoms with Gasteiger partial charge in [-0.05, 0) is 47.5 Å². The van der Waals surface area contributed by atoms with E-state index in [-0.39, 0.29) is 5.56 Å². The number of benzene rings is 2. The zero-order valence-corrected chi connectivity index (χ0v) is 14.4. The van der Waals surface area contributed by atoms with Crippen molar-refractivity contribution < 1.29 is 18.3 Å². The fourth-order valence-corrected chi connectivity index (χ4v) is 3.21. The summed E-state index contributed by atoms with van der Waals surface area (Å²) >= 11 is 0. The fourth-order valence-electron chi connectivity index (χ4n) is 3.21. The summed E-state index contributed by atoms with van der Waals surface area (Å²) in [4.78, 5) is 16.0. The number of rotatable bonds is 3. The van der Waals surface area contributed by atoms with Crippen LogP contribution in [0.25, 0.3) is 11.1 Å². The van der Waals surface area contributed by atoms with E-state index >= 15 is 0 Å². The lowest BCUT2D eigenvalue weighted by Crippen LogP contribution is -2.20. The van der Waals surface area contributed by atoms with Crippen molar-refractivity contribution in [3.05, 3.63) is 89.2 Å². The summed E-state index contributed by atoms with van der Waals surface area (Å²) in [5.74, 6) is -1.29. The molecule has 0 spiro atoms. The molecule has 138 valence electrons. The van der Waals surface area contributed by atoms with E-state index in [1.165, 1.54) is 6.20 Å². The lowest BCUT2D eigenvalue weighted by atomic mass is 9.95. The monoisotopic (exact) mass is 377 g/mol. The Morgan fingerprint density at radius 1 is 1.07 bits per heavy atom. The molecule has 28 heavy (non-hydrogen) atoms. The normalized spacial score (nSPS) is 18.2. The number of nitrogens with zero attached hydrogens (tertiary/aromatic N) is 2. The van der Waals surface area contributed by atoms with Crippen LogP contribution in [-0.4, -0.2) is 11.1 Å². The van der Waals surface area contributed by atoms with Gasteiger partial charge in [-0.25, -0.2) is 13.6 Å². The minimum Gasteiger partial charge on any atom is -0.439 e. The Kier molecular flexibility index (Phi) is 4.45. The van der Waals surface area contributed by atoms with Crippen LogP contribution in [0.3, 0.4) is 0 Å². The second-order valence-corrected chi connectivity index (χ2v) is 6.31. The number of alkyl carbamates (subject to hydrolysis) is 1. The first kappa shape index (κ1) is 17.6. The maximum absolute atomic E-state index is 14.2. The van der Waals surface area contributed by atoms with Gasteiger partial charge in [-0.15, -0.1) is 0 Å². The van der Waals surface area contributed by atoms with E-state index in [2.05, 4.69) is 16.4 Å². The number of hydrogen-bond acceptors (Lipinski definition) is 4. The van der Waals surface area contributed by atoms with Gasteiger partial charge in [-0.2, -0.15) is 5.26 Å². The largest absolute Gasteiger partial charge is 0.439 e. The van der Waals surface area contributed by atoms with Gasteiger partial charge >= 0.3 is 6.09 Å². The highest BCUT2D eigenvalue weighted by Crippen LogP contribution is 2.38. The molecule has 0 radical (unpaired) electrons. The number of halogens is 2. The van der Waals surface area contributed by atoms with Crippen LogP contribution < -0.4 is 5.32 Å². The molecule has 1 fully saturated rings. The summed E-state index contributed by atoms with van der Waals surface area (Å²) < 4.78 is 33.1. The second kappa shape index (κ2) is 7.08. The Labute approximate surface area is 159 Å². The van der Waals surface area contributed by atoms with Crippen molar-refractivity contribution in [3.8, 4) is 17.2 Å². The summed E-state index contributed by atoms with van der Waals surface area (Å²) in [6.45, 7) is 0. The van der Waals surface area contributed by atoms with Crippen LogP contribution in [0, 0.1) is 23.0 Å². The number of amides is 1. The minimum absolute atomic E-state index is 0.0553. The van der Waals surface area contributed by atoms with Crippen LogP contribution in [0.1, 0.15) is 28.8 Å². The maximum atomic E-state index is 14.2. The predicted molar refractivity (Wildman–Crippen MR) is 95.8 cm³/mol. The van der Waals surface area contributed by atoms with Crippen LogP contribution in [0.15, 0.2) is 60.9 Å². The first-order valence-corrected chi connectivity index (χ1v) is 8.43. The Bertz CT molecular complexity index is 1110. The zero-order valence-electron chi connectivity index (χ0n) is 14.4. The van der Waals surface area contributed by atoms with Crippen molar-refractivity contribution in [2.75, 3.05) is 0 Å². The van der Waals surface area contributed by atoms with Crippen LogP contribution >= 0.6 is 0 Å². The first-order chi connectivity index (χ1) is 13.5. The molecular formula is C21H13F2N3O2. The lowest BCUT2D eigenvalue weighted by molar-refractivity contribution is 0.130. The van der Waals surface area contributed by atoms with E-state index < -0.39 is 29.9 Å². The van der Waals surface area contributed by atoms with Gasteiger partial charge in [0.05, 0.1) is 11.6 Å². The summed E-state index contributed by atoms with van der Waals surface area (Å²) in [7, 11) is 0.